The van der Waals surface area contributed by atoms with Gasteiger partial charge in [-0.3, -0.25) is 5.32 Å². The molecule has 0 aliphatic heterocycles. The molecule has 0 saturated heterocycles. The maximum atomic E-state index is 6.64. The Kier molecular flexibility index (Phi) is 9.47. The third-order valence-electron chi connectivity index (χ3n) is 10.4. The second-order valence-electron chi connectivity index (χ2n) is 13.1. The van der Waals surface area contributed by atoms with Crippen molar-refractivity contribution in [3.05, 3.63) is 191 Å². The molecule has 2 aliphatic carbocycles. The first-order valence-electron chi connectivity index (χ1n) is 17.6. The second-order valence-corrected chi connectivity index (χ2v) is 13.1. The van der Waals surface area contributed by atoms with Gasteiger partial charge in [0.1, 0.15) is 5.66 Å². The summed E-state index contributed by atoms with van der Waals surface area (Å²) in [6.07, 6.45) is 11.8. The number of allylic oxidation sites excluding steroid dienone is 4. The molecular formula is C47H45N3. The van der Waals surface area contributed by atoms with Crippen molar-refractivity contribution in [2.75, 3.05) is 7.05 Å². The third kappa shape index (κ3) is 6.05. The Labute approximate surface area is 296 Å². The number of hydrogen-bond donors (Lipinski definition) is 3. The fourth-order valence-corrected chi connectivity index (χ4v) is 7.72. The molecule has 0 fully saturated rings. The summed E-state index contributed by atoms with van der Waals surface area (Å²) in [7, 11) is 1.88. The van der Waals surface area contributed by atoms with Crippen LogP contribution in [0.4, 0.5) is 0 Å². The molecular weight excluding hydrogens is 607 g/mol. The fraction of sp³-hybridized carbons (Fsp3) is 0.149. The van der Waals surface area contributed by atoms with Crippen LogP contribution in [0.3, 0.4) is 0 Å². The number of nitrogens with one attached hydrogen (secondary N) is 1. The highest BCUT2D eigenvalue weighted by Gasteiger charge is 2.28. The van der Waals surface area contributed by atoms with Crippen LogP contribution in [0, 0.1) is 0 Å². The van der Waals surface area contributed by atoms with Crippen LogP contribution in [-0.4, -0.2) is 7.05 Å². The summed E-state index contributed by atoms with van der Waals surface area (Å²) in [5.41, 5.74) is 28.6. The normalized spacial score (nSPS) is 14.2. The maximum absolute atomic E-state index is 6.64. The molecule has 0 aromatic heterocycles. The highest BCUT2D eigenvalue weighted by molar-refractivity contribution is 5.97. The van der Waals surface area contributed by atoms with Gasteiger partial charge in [-0.25, -0.2) is 0 Å². The first-order valence-corrected chi connectivity index (χ1v) is 17.6. The van der Waals surface area contributed by atoms with Crippen molar-refractivity contribution in [2.24, 2.45) is 11.5 Å². The van der Waals surface area contributed by atoms with Gasteiger partial charge in [-0.05, 0) is 135 Å². The van der Waals surface area contributed by atoms with Gasteiger partial charge in [0.15, 0.2) is 0 Å². The number of benzene rings is 6. The molecule has 0 radical (unpaired) electrons. The van der Waals surface area contributed by atoms with Gasteiger partial charge in [0, 0.05) is 6.54 Å². The molecule has 0 bridgehead atoms. The number of hydrogen-bond acceptors (Lipinski definition) is 3. The van der Waals surface area contributed by atoms with E-state index in [1.54, 1.807) is 0 Å². The standard InChI is InChI=1S/C28H23N.C19H22N2/c29-17-22-8-5-7-21-14-19-12-13-20(16-27(19)28(21)22)26-15-18-6-1-2-9-23(18)24-10-3-4-11-25(24)26;1-4-15(5-2)16-10-9-13-18(14-16)19(20,21-3)17-11-7-6-8-12-17/h1-2,4-9,11-13,15-16H,3,10,14,17,29H2;4-14,21H,1,20H2,2-3H3/b;15-5+. The Morgan fingerprint density at radius 1 is 0.820 bits per heavy atom. The molecule has 6 aromatic rings. The van der Waals surface area contributed by atoms with Crippen LogP contribution in [0.15, 0.2) is 146 Å². The van der Waals surface area contributed by atoms with Gasteiger partial charge in [0.25, 0.3) is 0 Å². The van der Waals surface area contributed by atoms with Gasteiger partial charge >= 0.3 is 0 Å². The molecule has 2 aliphatic rings. The van der Waals surface area contributed by atoms with Crippen molar-refractivity contribution in [1.82, 2.24) is 5.32 Å². The fourth-order valence-electron chi connectivity index (χ4n) is 7.72. The highest BCUT2D eigenvalue weighted by Crippen LogP contribution is 2.43. The van der Waals surface area contributed by atoms with Crippen LogP contribution in [0.25, 0.3) is 44.7 Å². The minimum Gasteiger partial charge on any atom is -0.326 e. The van der Waals surface area contributed by atoms with E-state index in [1.165, 1.54) is 60.8 Å². The average Bonchev–Trinajstić information content (AvgIpc) is 3.57. The average molecular weight is 652 g/mol. The van der Waals surface area contributed by atoms with E-state index < -0.39 is 5.66 Å². The zero-order valence-electron chi connectivity index (χ0n) is 29.0. The molecule has 0 saturated carbocycles. The lowest BCUT2D eigenvalue weighted by Crippen LogP contribution is -2.49. The van der Waals surface area contributed by atoms with Crippen molar-refractivity contribution in [3.63, 3.8) is 0 Å². The lowest BCUT2D eigenvalue weighted by atomic mass is 9.85. The molecule has 6 aromatic carbocycles. The minimum absolute atomic E-state index is 0.584. The number of aryl methyl sites for hydroxylation is 1. The molecule has 0 spiro atoms. The Balaban J connectivity index is 0.000000166. The van der Waals surface area contributed by atoms with Gasteiger partial charge in [-0.2, -0.15) is 0 Å². The number of rotatable bonds is 7. The van der Waals surface area contributed by atoms with Gasteiger partial charge in [-0.1, -0.05) is 134 Å². The molecule has 8 rings (SSSR count). The summed E-state index contributed by atoms with van der Waals surface area (Å²) >= 11 is 0. The van der Waals surface area contributed by atoms with E-state index in [-0.39, 0.29) is 0 Å². The van der Waals surface area contributed by atoms with Crippen LogP contribution in [-0.2, 0) is 25.0 Å². The summed E-state index contributed by atoms with van der Waals surface area (Å²) < 4.78 is 0. The Morgan fingerprint density at radius 2 is 1.60 bits per heavy atom. The largest absolute Gasteiger partial charge is 0.326 e. The predicted molar refractivity (Wildman–Crippen MR) is 214 cm³/mol. The summed E-state index contributed by atoms with van der Waals surface area (Å²) in [6, 6.07) is 43.1. The zero-order chi connectivity index (χ0) is 34.7. The first-order chi connectivity index (χ1) is 24.5. The summed E-state index contributed by atoms with van der Waals surface area (Å²) in [6.45, 7) is 6.46. The van der Waals surface area contributed by atoms with E-state index in [0.717, 1.165) is 41.5 Å². The summed E-state index contributed by atoms with van der Waals surface area (Å²) in [4.78, 5) is 0. The lowest BCUT2D eigenvalue weighted by molar-refractivity contribution is 0.457. The first kappa shape index (κ1) is 33.2. The van der Waals surface area contributed by atoms with Crippen molar-refractivity contribution < 1.29 is 0 Å². The number of fused-ring (bicyclic) bond motifs is 6. The van der Waals surface area contributed by atoms with Crippen LogP contribution in [0.1, 0.15) is 57.9 Å². The SMILES string of the molecule is C=C/C(=C\C)c1cccc(C(N)(NC)c2ccccc2)c1.NCc1cccc2c1-c1cc(-c3cc4ccccc4c4c3C=CCC4)ccc1C2. The molecule has 50 heavy (non-hydrogen) atoms. The smallest absolute Gasteiger partial charge is 0.119 e. The van der Waals surface area contributed by atoms with Crippen LogP contribution >= 0.6 is 0 Å². The molecule has 0 heterocycles. The summed E-state index contributed by atoms with van der Waals surface area (Å²) in [5, 5.41) is 5.97. The maximum Gasteiger partial charge on any atom is 0.119 e. The van der Waals surface area contributed by atoms with Crippen molar-refractivity contribution in [3.8, 4) is 22.3 Å². The molecule has 3 nitrogen and oxygen atoms in total. The zero-order valence-corrected chi connectivity index (χ0v) is 29.0. The Morgan fingerprint density at radius 3 is 2.38 bits per heavy atom. The monoisotopic (exact) mass is 651 g/mol. The molecule has 5 N–H and O–H groups in total. The van der Waals surface area contributed by atoms with Gasteiger partial charge in [0.2, 0.25) is 0 Å². The van der Waals surface area contributed by atoms with E-state index in [9.17, 15) is 0 Å². The summed E-state index contributed by atoms with van der Waals surface area (Å²) in [5.74, 6) is 0. The molecule has 1 atom stereocenters. The minimum atomic E-state index is -0.711. The predicted octanol–water partition coefficient (Wildman–Crippen LogP) is 10.2. The topological polar surface area (TPSA) is 64.1 Å². The van der Waals surface area contributed by atoms with Crippen molar-refractivity contribution >= 4 is 22.4 Å². The Hall–Kier alpha value is -5.32. The van der Waals surface area contributed by atoms with Gasteiger partial charge in [0.05, 0.1) is 0 Å². The van der Waals surface area contributed by atoms with E-state index in [2.05, 4.69) is 103 Å². The second kappa shape index (κ2) is 14.3. The van der Waals surface area contributed by atoms with Crippen LogP contribution in [0.5, 0.6) is 0 Å². The van der Waals surface area contributed by atoms with E-state index >= 15 is 0 Å². The quantitative estimate of drug-likeness (QED) is 0.119. The Bertz CT molecular complexity index is 2260. The molecule has 248 valence electrons. The molecule has 0 amide bonds. The lowest BCUT2D eigenvalue weighted by Gasteiger charge is -2.30. The highest BCUT2D eigenvalue weighted by atomic mass is 15.1. The van der Waals surface area contributed by atoms with E-state index in [0.29, 0.717) is 6.54 Å². The van der Waals surface area contributed by atoms with Gasteiger partial charge in [-0.15, -0.1) is 0 Å². The third-order valence-corrected chi connectivity index (χ3v) is 10.4. The van der Waals surface area contributed by atoms with Crippen molar-refractivity contribution in [1.29, 1.82) is 0 Å². The molecule has 1 unspecified atom stereocenters. The van der Waals surface area contributed by atoms with E-state index in [1.807, 2.05) is 68.6 Å². The molecule has 3 heteroatoms. The van der Waals surface area contributed by atoms with Crippen LogP contribution in [0.2, 0.25) is 0 Å². The van der Waals surface area contributed by atoms with Crippen LogP contribution < -0.4 is 16.8 Å². The van der Waals surface area contributed by atoms with E-state index in [4.69, 9.17) is 11.5 Å². The van der Waals surface area contributed by atoms with Gasteiger partial charge < -0.3 is 11.5 Å². The van der Waals surface area contributed by atoms with Crippen molar-refractivity contribution in [2.45, 2.75) is 38.4 Å². The number of nitrogens with two attached hydrogens (primary N) is 2.